The van der Waals surface area contributed by atoms with Crippen molar-refractivity contribution < 1.29 is 4.79 Å². The van der Waals surface area contributed by atoms with E-state index in [1.807, 2.05) is 42.5 Å². The van der Waals surface area contributed by atoms with Gasteiger partial charge >= 0.3 is 0 Å². The van der Waals surface area contributed by atoms with E-state index in [0.717, 1.165) is 27.4 Å². The molecule has 0 saturated heterocycles. The fourth-order valence-electron chi connectivity index (χ4n) is 2.83. The summed E-state index contributed by atoms with van der Waals surface area (Å²) < 4.78 is 0. The molecule has 0 fully saturated rings. The zero-order valence-corrected chi connectivity index (χ0v) is 16.5. The Morgan fingerprint density at radius 2 is 1.71 bits per heavy atom. The summed E-state index contributed by atoms with van der Waals surface area (Å²) >= 11 is 7.56. The van der Waals surface area contributed by atoms with Crippen molar-refractivity contribution >= 4 is 28.8 Å². The quantitative estimate of drug-likeness (QED) is 0.439. The number of carbonyl (C=O) groups is 1. The second kappa shape index (κ2) is 8.38. The van der Waals surface area contributed by atoms with Crippen LogP contribution in [0.3, 0.4) is 0 Å². The highest BCUT2D eigenvalue weighted by molar-refractivity contribution is 7.13. The highest BCUT2D eigenvalue weighted by atomic mass is 35.5. The summed E-state index contributed by atoms with van der Waals surface area (Å²) in [5.74, 6) is -0.140. The van der Waals surface area contributed by atoms with Gasteiger partial charge in [-0.15, -0.1) is 11.3 Å². The molecular formula is C23H17ClN2OS. The van der Waals surface area contributed by atoms with Crippen LogP contribution in [0.15, 0.2) is 84.2 Å². The van der Waals surface area contributed by atoms with Gasteiger partial charge in [0, 0.05) is 33.6 Å². The van der Waals surface area contributed by atoms with E-state index in [1.54, 1.807) is 35.6 Å². The van der Waals surface area contributed by atoms with Crippen LogP contribution in [-0.2, 0) is 6.54 Å². The van der Waals surface area contributed by atoms with E-state index < -0.39 is 0 Å². The van der Waals surface area contributed by atoms with Gasteiger partial charge in [0.2, 0.25) is 0 Å². The number of carbonyl (C=O) groups excluding carboxylic acids is 1. The Morgan fingerprint density at radius 3 is 2.46 bits per heavy atom. The molecule has 5 heteroatoms. The van der Waals surface area contributed by atoms with Gasteiger partial charge in [0.15, 0.2) is 0 Å². The van der Waals surface area contributed by atoms with Gasteiger partial charge in [0.25, 0.3) is 5.91 Å². The summed E-state index contributed by atoms with van der Waals surface area (Å²) in [7, 11) is 0. The first kappa shape index (κ1) is 18.4. The monoisotopic (exact) mass is 404 g/mol. The highest BCUT2D eigenvalue weighted by Crippen LogP contribution is 2.28. The summed E-state index contributed by atoms with van der Waals surface area (Å²) in [4.78, 5) is 17.0. The average molecular weight is 405 g/mol. The summed E-state index contributed by atoms with van der Waals surface area (Å²) in [5.41, 5.74) is 4.75. The molecule has 0 saturated carbocycles. The Kier molecular flexibility index (Phi) is 5.51. The molecule has 138 valence electrons. The van der Waals surface area contributed by atoms with Crippen LogP contribution in [-0.4, -0.2) is 10.9 Å². The minimum Gasteiger partial charge on any atom is -0.348 e. The van der Waals surface area contributed by atoms with Crippen LogP contribution in [0, 0.1) is 0 Å². The van der Waals surface area contributed by atoms with Crippen molar-refractivity contribution in [1.82, 2.24) is 10.3 Å². The van der Waals surface area contributed by atoms with Gasteiger partial charge in [-0.05, 0) is 23.8 Å². The molecule has 0 bridgehead atoms. The molecule has 28 heavy (non-hydrogen) atoms. The molecular weight excluding hydrogens is 388 g/mol. The maximum Gasteiger partial charge on any atom is 0.251 e. The summed E-state index contributed by atoms with van der Waals surface area (Å²) in [6.45, 7) is 0.457. The third kappa shape index (κ3) is 4.30. The van der Waals surface area contributed by atoms with Crippen molar-refractivity contribution in [2.45, 2.75) is 6.54 Å². The Bertz CT molecular complexity index is 1090. The highest BCUT2D eigenvalue weighted by Gasteiger charge is 2.08. The molecule has 1 amide bonds. The Hall–Kier alpha value is -2.95. The fourth-order valence-corrected chi connectivity index (χ4v) is 3.85. The van der Waals surface area contributed by atoms with Crippen molar-refractivity contribution in [3.05, 3.63) is 100 Å². The van der Waals surface area contributed by atoms with Crippen LogP contribution in [0.2, 0.25) is 5.02 Å². The van der Waals surface area contributed by atoms with E-state index in [9.17, 15) is 4.79 Å². The Balaban J connectivity index is 1.42. The first-order chi connectivity index (χ1) is 13.7. The maximum atomic E-state index is 12.2. The molecule has 0 aliphatic rings. The Labute approximate surface area is 172 Å². The SMILES string of the molecule is O=C(NCc1ccc(-c2nc(-c3ccccc3)cs2)cc1)c1cccc(Cl)c1. The van der Waals surface area contributed by atoms with Crippen molar-refractivity contribution in [3.8, 4) is 21.8 Å². The molecule has 0 spiro atoms. The van der Waals surface area contributed by atoms with Crippen LogP contribution < -0.4 is 5.32 Å². The van der Waals surface area contributed by atoms with Crippen molar-refractivity contribution in [2.75, 3.05) is 0 Å². The molecule has 3 aromatic carbocycles. The van der Waals surface area contributed by atoms with Gasteiger partial charge in [-0.1, -0.05) is 72.3 Å². The van der Waals surface area contributed by atoms with Crippen LogP contribution in [0.5, 0.6) is 0 Å². The number of thiazole rings is 1. The molecule has 0 unspecified atom stereocenters. The number of hydrogen-bond acceptors (Lipinski definition) is 3. The van der Waals surface area contributed by atoms with E-state index in [-0.39, 0.29) is 5.91 Å². The second-order valence-corrected chi connectivity index (χ2v) is 7.59. The smallest absolute Gasteiger partial charge is 0.251 e. The number of nitrogens with zero attached hydrogens (tertiary/aromatic N) is 1. The maximum absolute atomic E-state index is 12.2. The standard InChI is InChI=1S/C23H17ClN2OS/c24-20-8-4-7-19(13-20)22(27)25-14-16-9-11-18(12-10-16)23-26-21(15-28-23)17-5-2-1-3-6-17/h1-13,15H,14H2,(H,25,27). The minimum absolute atomic E-state index is 0.140. The third-order valence-electron chi connectivity index (χ3n) is 4.31. The number of hydrogen-bond donors (Lipinski definition) is 1. The lowest BCUT2D eigenvalue weighted by atomic mass is 10.1. The van der Waals surface area contributed by atoms with Gasteiger partial charge in [-0.25, -0.2) is 4.98 Å². The van der Waals surface area contributed by atoms with E-state index in [1.165, 1.54) is 0 Å². The van der Waals surface area contributed by atoms with E-state index in [0.29, 0.717) is 17.1 Å². The van der Waals surface area contributed by atoms with Gasteiger partial charge in [-0.2, -0.15) is 0 Å². The zero-order chi connectivity index (χ0) is 19.3. The third-order valence-corrected chi connectivity index (χ3v) is 5.44. The van der Waals surface area contributed by atoms with Crippen molar-refractivity contribution in [2.24, 2.45) is 0 Å². The number of nitrogens with one attached hydrogen (secondary N) is 1. The predicted octanol–water partition coefficient (Wildman–Crippen LogP) is 6.06. The molecule has 3 nitrogen and oxygen atoms in total. The number of rotatable bonds is 5. The Morgan fingerprint density at radius 1 is 0.929 bits per heavy atom. The van der Waals surface area contributed by atoms with Gasteiger partial charge in [0.1, 0.15) is 5.01 Å². The molecule has 1 N–H and O–H groups in total. The van der Waals surface area contributed by atoms with Crippen molar-refractivity contribution in [1.29, 1.82) is 0 Å². The number of halogens is 1. The predicted molar refractivity (Wildman–Crippen MR) is 116 cm³/mol. The van der Waals surface area contributed by atoms with Crippen LogP contribution >= 0.6 is 22.9 Å². The summed E-state index contributed by atoms with van der Waals surface area (Å²) in [5, 5.41) is 6.52. The summed E-state index contributed by atoms with van der Waals surface area (Å²) in [6, 6.07) is 25.2. The zero-order valence-electron chi connectivity index (χ0n) is 14.9. The van der Waals surface area contributed by atoms with Crippen LogP contribution in [0.25, 0.3) is 21.8 Å². The molecule has 0 aliphatic carbocycles. The van der Waals surface area contributed by atoms with Gasteiger partial charge in [0.05, 0.1) is 5.69 Å². The molecule has 1 heterocycles. The normalized spacial score (nSPS) is 10.6. The molecule has 0 radical (unpaired) electrons. The lowest BCUT2D eigenvalue weighted by molar-refractivity contribution is 0.0951. The van der Waals surface area contributed by atoms with E-state index in [2.05, 4.69) is 22.8 Å². The van der Waals surface area contributed by atoms with E-state index >= 15 is 0 Å². The fraction of sp³-hybridized carbons (Fsp3) is 0.0435. The topological polar surface area (TPSA) is 42.0 Å². The minimum atomic E-state index is -0.140. The molecule has 0 atom stereocenters. The lowest BCUT2D eigenvalue weighted by Crippen LogP contribution is -2.22. The van der Waals surface area contributed by atoms with Crippen molar-refractivity contribution in [3.63, 3.8) is 0 Å². The first-order valence-corrected chi connectivity index (χ1v) is 10.1. The van der Waals surface area contributed by atoms with Gasteiger partial charge in [-0.3, -0.25) is 4.79 Å². The largest absolute Gasteiger partial charge is 0.348 e. The van der Waals surface area contributed by atoms with Gasteiger partial charge < -0.3 is 5.32 Å². The first-order valence-electron chi connectivity index (χ1n) is 8.83. The number of amides is 1. The average Bonchev–Trinajstić information content (AvgIpc) is 3.23. The molecule has 4 aromatic rings. The van der Waals surface area contributed by atoms with Crippen LogP contribution in [0.4, 0.5) is 0 Å². The number of benzene rings is 3. The van der Waals surface area contributed by atoms with Crippen LogP contribution in [0.1, 0.15) is 15.9 Å². The molecule has 4 rings (SSSR count). The number of aromatic nitrogens is 1. The lowest BCUT2D eigenvalue weighted by Gasteiger charge is -2.06. The molecule has 1 aromatic heterocycles. The summed E-state index contributed by atoms with van der Waals surface area (Å²) in [6.07, 6.45) is 0. The van der Waals surface area contributed by atoms with E-state index in [4.69, 9.17) is 16.6 Å². The second-order valence-electron chi connectivity index (χ2n) is 6.29. The molecule has 0 aliphatic heterocycles.